The van der Waals surface area contributed by atoms with Gasteiger partial charge in [-0.2, -0.15) is 0 Å². The van der Waals surface area contributed by atoms with Crippen LogP contribution >= 0.6 is 23.1 Å². The number of benzene rings is 2. The van der Waals surface area contributed by atoms with Gasteiger partial charge in [-0.1, -0.05) is 59.5 Å². The third-order valence-corrected chi connectivity index (χ3v) is 6.86. The number of ether oxygens (including phenoxy) is 1. The van der Waals surface area contributed by atoms with Crippen LogP contribution in [0.3, 0.4) is 0 Å². The van der Waals surface area contributed by atoms with Gasteiger partial charge in [-0.25, -0.2) is 8.42 Å². The first-order valence-electron chi connectivity index (χ1n) is 9.03. The highest BCUT2D eigenvalue weighted by atomic mass is 32.2. The lowest BCUT2D eigenvalue weighted by Crippen LogP contribution is -2.37. The topological polar surface area (TPSA) is 101 Å². The number of carbonyl (C=O) groups is 1. The first kappa shape index (κ1) is 22.8. The molecule has 8 nitrogen and oxygen atoms in total. The molecule has 0 fully saturated rings. The van der Waals surface area contributed by atoms with E-state index in [-0.39, 0.29) is 5.69 Å². The minimum atomic E-state index is -3.78. The number of thioether (sulfide) groups is 1. The maximum Gasteiger partial charge on any atom is 0.246 e. The van der Waals surface area contributed by atoms with Crippen molar-refractivity contribution >= 4 is 49.8 Å². The molecule has 1 N–H and O–H groups in total. The standard InChI is InChI=1S/C20H20N4O4S3/c1-3-13-29-20-23-22-19(30-20)21-18(25)14-24(31(2,26)27)16-11-7-8-12-17(16)28-15-9-5-4-6-10-15/h3-12H,1,13-14H2,2H3,(H,21,22,25). The average molecular weight is 477 g/mol. The summed E-state index contributed by atoms with van der Waals surface area (Å²) in [7, 11) is -3.78. The number of amides is 1. The molecule has 0 radical (unpaired) electrons. The number of nitrogens with one attached hydrogen (secondary N) is 1. The second-order valence-electron chi connectivity index (χ2n) is 6.17. The molecule has 0 aliphatic carbocycles. The van der Waals surface area contributed by atoms with Crippen molar-refractivity contribution in [3.05, 3.63) is 67.3 Å². The molecule has 0 aliphatic rings. The van der Waals surface area contributed by atoms with Gasteiger partial charge in [-0.3, -0.25) is 14.4 Å². The summed E-state index contributed by atoms with van der Waals surface area (Å²) in [5.74, 6) is 0.983. The van der Waals surface area contributed by atoms with Gasteiger partial charge in [-0.05, 0) is 24.3 Å². The Labute approximate surface area is 189 Å². The molecule has 0 aliphatic heterocycles. The van der Waals surface area contributed by atoms with E-state index in [1.54, 1.807) is 42.5 Å². The largest absolute Gasteiger partial charge is 0.455 e. The van der Waals surface area contributed by atoms with Gasteiger partial charge in [-0.15, -0.1) is 16.8 Å². The predicted molar refractivity (Wildman–Crippen MR) is 125 cm³/mol. The van der Waals surface area contributed by atoms with Crippen molar-refractivity contribution in [3.63, 3.8) is 0 Å². The number of para-hydroxylation sites is 3. The molecule has 2 aromatic carbocycles. The van der Waals surface area contributed by atoms with E-state index in [9.17, 15) is 13.2 Å². The highest BCUT2D eigenvalue weighted by molar-refractivity contribution is 8.01. The number of hydrogen-bond donors (Lipinski definition) is 1. The van der Waals surface area contributed by atoms with Crippen molar-refractivity contribution in [2.75, 3.05) is 28.2 Å². The molecule has 1 amide bonds. The number of rotatable bonds is 10. The van der Waals surface area contributed by atoms with Crippen molar-refractivity contribution in [3.8, 4) is 11.5 Å². The minimum absolute atomic E-state index is 0.253. The van der Waals surface area contributed by atoms with Gasteiger partial charge < -0.3 is 4.74 Å². The normalized spacial score (nSPS) is 11.0. The van der Waals surface area contributed by atoms with Crippen LogP contribution in [0, 0.1) is 0 Å². The van der Waals surface area contributed by atoms with Crippen LogP contribution in [0.5, 0.6) is 11.5 Å². The van der Waals surface area contributed by atoms with Crippen LogP contribution in [0.4, 0.5) is 10.8 Å². The van der Waals surface area contributed by atoms with Gasteiger partial charge in [0.05, 0.1) is 11.9 Å². The average Bonchev–Trinajstić information content (AvgIpc) is 3.18. The number of nitrogens with zero attached hydrogens (tertiary/aromatic N) is 3. The van der Waals surface area contributed by atoms with Crippen LogP contribution in [0.25, 0.3) is 0 Å². The molecule has 1 aromatic heterocycles. The molecule has 162 valence electrons. The SMILES string of the molecule is C=CCSc1nnc(NC(=O)CN(c2ccccc2Oc2ccccc2)S(C)(=O)=O)s1. The fraction of sp³-hybridized carbons (Fsp3) is 0.150. The Kier molecular flexibility index (Phi) is 7.66. The van der Waals surface area contributed by atoms with Crippen LogP contribution < -0.4 is 14.4 Å². The van der Waals surface area contributed by atoms with Crippen LogP contribution in [-0.4, -0.2) is 43.1 Å². The minimum Gasteiger partial charge on any atom is -0.455 e. The van der Waals surface area contributed by atoms with E-state index in [4.69, 9.17) is 4.74 Å². The Morgan fingerprint density at radius 2 is 1.90 bits per heavy atom. The Hall–Kier alpha value is -2.89. The monoisotopic (exact) mass is 476 g/mol. The fourth-order valence-corrected chi connectivity index (χ4v) is 4.87. The van der Waals surface area contributed by atoms with E-state index in [2.05, 4.69) is 22.1 Å². The maximum atomic E-state index is 12.6. The lowest BCUT2D eigenvalue weighted by atomic mass is 10.3. The zero-order valence-electron chi connectivity index (χ0n) is 16.6. The second-order valence-corrected chi connectivity index (χ2v) is 10.3. The summed E-state index contributed by atoms with van der Waals surface area (Å²) in [4.78, 5) is 12.6. The second kappa shape index (κ2) is 10.4. The highest BCUT2D eigenvalue weighted by Gasteiger charge is 2.24. The molecule has 0 atom stereocenters. The Morgan fingerprint density at radius 1 is 1.19 bits per heavy atom. The lowest BCUT2D eigenvalue weighted by molar-refractivity contribution is -0.114. The predicted octanol–water partition coefficient (Wildman–Crippen LogP) is 4.01. The van der Waals surface area contributed by atoms with Gasteiger partial charge in [0.25, 0.3) is 0 Å². The van der Waals surface area contributed by atoms with Crippen LogP contribution in [-0.2, 0) is 14.8 Å². The first-order valence-corrected chi connectivity index (χ1v) is 12.7. The molecule has 0 saturated heterocycles. The van der Waals surface area contributed by atoms with Crippen molar-refractivity contribution in [1.29, 1.82) is 0 Å². The van der Waals surface area contributed by atoms with Crippen molar-refractivity contribution < 1.29 is 17.9 Å². The smallest absolute Gasteiger partial charge is 0.246 e. The van der Waals surface area contributed by atoms with Crippen molar-refractivity contribution in [2.24, 2.45) is 0 Å². The molecule has 0 saturated carbocycles. The molecule has 31 heavy (non-hydrogen) atoms. The van der Waals surface area contributed by atoms with E-state index < -0.39 is 22.5 Å². The van der Waals surface area contributed by atoms with Gasteiger partial charge in [0.15, 0.2) is 10.1 Å². The Morgan fingerprint density at radius 3 is 2.61 bits per heavy atom. The van der Waals surface area contributed by atoms with Crippen molar-refractivity contribution in [2.45, 2.75) is 4.34 Å². The van der Waals surface area contributed by atoms with Crippen LogP contribution in [0.1, 0.15) is 0 Å². The van der Waals surface area contributed by atoms with E-state index >= 15 is 0 Å². The number of hydrogen-bond acceptors (Lipinski definition) is 8. The maximum absolute atomic E-state index is 12.6. The number of anilines is 2. The molecule has 11 heteroatoms. The van der Waals surface area contributed by atoms with E-state index in [1.165, 1.54) is 23.1 Å². The van der Waals surface area contributed by atoms with Crippen molar-refractivity contribution in [1.82, 2.24) is 10.2 Å². The molecule has 3 rings (SSSR count). The van der Waals surface area contributed by atoms with E-state index in [0.717, 1.165) is 10.6 Å². The summed E-state index contributed by atoms with van der Waals surface area (Å²) in [6.45, 7) is 3.20. The van der Waals surface area contributed by atoms with E-state index in [0.29, 0.717) is 26.7 Å². The number of carbonyl (C=O) groups excluding carboxylic acids is 1. The molecule has 3 aromatic rings. The van der Waals surface area contributed by atoms with Gasteiger partial charge >= 0.3 is 0 Å². The van der Waals surface area contributed by atoms with Crippen LogP contribution in [0.15, 0.2) is 71.6 Å². The third kappa shape index (κ3) is 6.54. The van der Waals surface area contributed by atoms with E-state index in [1.807, 2.05) is 18.2 Å². The molecular formula is C20H20N4O4S3. The quantitative estimate of drug-likeness (QED) is 0.268. The first-order chi connectivity index (χ1) is 14.9. The molecule has 1 heterocycles. The fourth-order valence-electron chi connectivity index (χ4n) is 2.48. The Balaban J connectivity index is 1.79. The summed E-state index contributed by atoms with van der Waals surface area (Å²) >= 11 is 2.64. The summed E-state index contributed by atoms with van der Waals surface area (Å²) in [6.07, 6.45) is 2.78. The Bertz CT molecular complexity index is 1150. The van der Waals surface area contributed by atoms with Gasteiger partial charge in [0, 0.05) is 5.75 Å². The number of sulfonamides is 1. The number of aromatic nitrogens is 2. The summed E-state index contributed by atoms with van der Waals surface area (Å²) in [5, 5.41) is 10.8. The van der Waals surface area contributed by atoms with Crippen LogP contribution in [0.2, 0.25) is 0 Å². The molecule has 0 spiro atoms. The highest BCUT2D eigenvalue weighted by Crippen LogP contribution is 2.33. The summed E-state index contributed by atoms with van der Waals surface area (Å²) in [5.41, 5.74) is 0.253. The lowest BCUT2D eigenvalue weighted by Gasteiger charge is -2.23. The van der Waals surface area contributed by atoms with Gasteiger partial charge in [0.1, 0.15) is 12.3 Å². The molecule has 0 bridgehead atoms. The zero-order valence-corrected chi connectivity index (χ0v) is 19.0. The zero-order chi connectivity index (χ0) is 22.3. The third-order valence-electron chi connectivity index (χ3n) is 3.77. The van der Waals surface area contributed by atoms with Gasteiger partial charge in [0.2, 0.25) is 21.1 Å². The molecular weight excluding hydrogens is 456 g/mol. The summed E-state index contributed by atoms with van der Waals surface area (Å²) < 4.78 is 32.5. The summed E-state index contributed by atoms with van der Waals surface area (Å²) in [6, 6.07) is 15.6. The molecule has 0 unspecified atom stereocenters.